The first kappa shape index (κ1) is 18.6. The summed E-state index contributed by atoms with van der Waals surface area (Å²) in [5.41, 5.74) is 5.63. The summed E-state index contributed by atoms with van der Waals surface area (Å²) < 4.78 is 10.1. The van der Waals surface area contributed by atoms with Crippen LogP contribution in [0.1, 0.15) is 17.0 Å². The number of esters is 2. The summed E-state index contributed by atoms with van der Waals surface area (Å²) in [6.07, 6.45) is 4.79. The molecule has 3 N–H and O–H groups in total. The third-order valence-electron chi connectivity index (χ3n) is 3.16. The van der Waals surface area contributed by atoms with Crippen LogP contribution in [0.4, 0.5) is 0 Å². The first-order valence-electron chi connectivity index (χ1n) is 7.08. The number of hydrogen-bond donors (Lipinski definition) is 2. The van der Waals surface area contributed by atoms with Crippen LogP contribution >= 0.6 is 15.9 Å². The maximum absolute atomic E-state index is 11.9. The Bertz CT molecular complexity index is 816. The highest BCUT2D eigenvalue weighted by Gasteiger charge is 2.25. The van der Waals surface area contributed by atoms with Crippen molar-refractivity contribution in [3.05, 3.63) is 51.9 Å². The van der Waals surface area contributed by atoms with E-state index < -0.39 is 23.9 Å². The Balaban J connectivity index is 1.88. The Morgan fingerprint density at radius 1 is 1.40 bits per heavy atom. The molecule has 1 amide bonds. The fraction of sp³-hybridized carbons (Fsp3) is 0.188. The smallest absolute Gasteiger partial charge is 0.346 e. The summed E-state index contributed by atoms with van der Waals surface area (Å²) in [7, 11) is 0. The molecule has 8 nitrogen and oxygen atoms in total. The normalized spacial score (nSPS) is 14.3. The molecule has 0 saturated carbocycles. The molecular weight excluding hydrogens is 396 g/mol. The summed E-state index contributed by atoms with van der Waals surface area (Å²) in [4.78, 5) is 46.3. The molecule has 130 valence electrons. The predicted molar refractivity (Wildman–Crippen MR) is 88.9 cm³/mol. The lowest BCUT2D eigenvalue weighted by Crippen LogP contribution is -2.44. The summed E-state index contributed by atoms with van der Waals surface area (Å²) in [5.74, 6) is -0.948. The number of nitrogens with two attached hydrogens (primary N) is 1. The van der Waals surface area contributed by atoms with Gasteiger partial charge in [-0.3, -0.25) is 4.79 Å². The molecule has 25 heavy (non-hydrogen) atoms. The number of nitrogens with one attached hydrogen (secondary N) is 1. The summed E-state index contributed by atoms with van der Waals surface area (Å²) >= 11 is 3.06. The van der Waals surface area contributed by atoms with Crippen molar-refractivity contribution < 1.29 is 28.3 Å². The van der Waals surface area contributed by atoms with Crippen molar-refractivity contribution in [1.82, 2.24) is 5.32 Å². The average molecular weight is 409 g/mol. The first-order valence-corrected chi connectivity index (χ1v) is 7.88. The zero-order chi connectivity index (χ0) is 18.4. The van der Waals surface area contributed by atoms with Crippen LogP contribution in [0.15, 0.2) is 50.6 Å². The van der Waals surface area contributed by atoms with Crippen LogP contribution in [0.3, 0.4) is 0 Å². The van der Waals surface area contributed by atoms with Crippen LogP contribution in [0.5, 0.6) is 0 Å². The Labute approximate surface area is 150 Å². The Morgan fingerprint density at radius 2 is 2.16 bits per heavy atom. The summed E-state index contributed by atoms with van der Waals surface area (Å²) in [5, 5.41) is 2.38. The van der Waals surface area contributed by atoms with E-state index in [1.54, 1.807) is 18.1 Å². The van der Waals surface area contributed by atoms with Gasteiger partial charge in [0, 0.05) is 13.0 Å². The van der Waals surface area contributed by atoms with E-state index in [9.17, 15) is 19.2 Å². The van der Waals surface area contributed by atoms with Gasteiger partial charge in [0.05, 0.1) is 11.1 Å². The van der Waals surface area contributed by atoms with Gasteiger partial charge in [-0.15, -0.1) is 0 Å². The van der Waals surface area contributed by atoms with Gasteiger partial charge < -0.3 is 20.2 Å². The SMILES string of the molecule is N[C@@H](CNC(=O)c1ccc(Br)o1)C(=O)OC(=O)C1=CC=CCC1=C=O. The highest BCUT2D eigenvalue weighted by Crippen LogP contribution is 2.18. The van der Waals surface area contributed by atoms with Crippen LogP contribution in [0, 0.1) is 0 Å². The van der Waals surface area contributed by atoms with E-state index in [4.69, 9.17) is 10.2 Å². The standard InChI is InChI=1S/C16H13BrN2O6/c17-13-6-5-12(24-13)14(21)19-7-11(18)16(23)25-15(22)10-4-2-1-3-9(10)8-20/h1-2,4-6,11H,3,7,18H2,(H,19,21)/t11-/m0/s1. The molecule has 1 aliphatic carbocycles. The van der Waals surface area contributed by atoms with Crippen molar-refractivity contribution in [3.63, 3.8) is 0 Å². The van der Waals surface area contributed by atoms with E-state index in [1.807, 2.05) is 0 Å². The van der Waals surface area contributed by atoms with Crippen LogP contribution in [0.2, 0.25) is 0 Å². The number of carbonyl (C=O) groups excluding carboxylic acids is 4. The summed E-state index contributed by atoms with van der Waals surface area (Å²) in [6, 6.07) is 1.70. The Morgan fingerprint density at radius 3 is 2.80 bits per heavy atom. The Hall–Kier alpha value is -2.74. The number of ether oxygens (including phenoxy) is 1. The molecule has 0 unspecified atom stereocenters. The van der Waals surface area contributed by atoms with Crippen LogP contribution in [0.25, 0.3) is 0 Å². The quantitative estimate of drug-likeness (QED) is 0.418. The minimum Gasteiger partial charge on any atom is -0.444 e. The number of carbonyl (C=O) groups is 3. The minimum absolute atomic E-state index is 0.0310. The maximum atomic E-state index is 11.9. The monoisotopic (exact) mass is 408 g/mol. The number of allylic oxidation sites excluding steroid dienone is 3. The molecule has 1 atom stereocenters. The maximum Gasteiger partial charge on any atom is 0.346 e. The van der Waals surface area contributed by atoms with E-state index >= 15 is 0 Å². The predicted octanol–water partition coefficient (Wildman–Crippen LogP) is 0.813. The average Bonchev–Trinajstić information content (AvgIpc) is 3.05. The third kappa shape index (κ3) is 4.87. The van der Waals surface area contributed by atoms with Crippen LogP contribution in [-0.4, -0.2) is 36.4 Å². The lowest BCUT2D eigenvalue weighted by molar-refractivity contribution is -0.157. The molecule has 0 radical (unpaired) electrons. The second-order valence-electron chi connectivity index (χ2n) is 4.92. The highest BCUT2D eigenvalue weighted by molar-refractivity contribution is 9.10. The number of rotatable bonds is 5. The zero-order valence-corrected chi connectivity index (χ0v) is 14.4. The third-order valence-corrected chi connectivity index (χ3v) is 3.59. The van der Waals surface area contributed by atoms with Gasteiger partial charge in [-0.2, -0.15) is 0 Å². The number of furan rings is 1. The number of amides is 1. The molecule has 9 heteroatoms. The van der Waals surface area contributed by atoms with Gasteiger partial charge in [0.2, 0.25) is 0 Å². The highest BCUT2D eigenvalue weighted by atomic mass is 79.9. The first-order chi connectivity index (χ1) is 11.9. The molecule has 0 aromatic carbocycles. The van der Waals surface area contributed by atoms with Crippen LogP contribution in [-0.2, 0) is 19.1 Å². The van der Waals surface area contributed by atoms with Crippen LogP contribution < -0.4 is 11.1 Å². The van der Waals surface area contributed by atoms with Gasteiger partial charge in [-0.1, -0.05) is 12.2 Å². The molecule has 0 bridgehead atoms. The largest absolute Gasteiger partial charge is 0.444 e. The number of hydrogen-bond acceptors (Lipinski definition) is 7. The van der Waals surface area contributed by atoms with Crippen molar-refractivity contribution in [3.8, 4) is 0 Å². The molecular formula is C16H13BrN2O6. The van der Waals surface area contributed by atoms with E-state index in [2.05, 4.69) is 26.0 Å². The van der Waals surface area contributed by atoms with Crippen molar-refractivity contribution in [1.29, 1.82) is 0 Å². The fourth-order valence-corrected chi connectivity index (χ4v) is 2.19. The molecule has 0 aliphatic heterocycles. The molecule has 1 aromatic rings. The van der Waals surface area contributed by atoms with Gasteiger partial charge in [0.25, 0.3) is 5.91 Å². The molecule has 1 aliphatic rings. The van der Waals surface area contributed by atoms with Gasteiger partial charge in [-0.25, -0.2) is 14.4 Å². The topological polar surface area (TPSA) is 129 Å². The Kier molecular flexibility index (Phi) is 6.24. The lowest BCUT2D eigenvalue weighted by Gasteiger charge is -2.13. The molecule has 2 rings (SSSR count). The zero-order valence-electron chi connectivity index (χ0n) is 12.8. The lowest BCUT2D eigenvalue weighted by atomic mass is 10.00. The van der Waals surface area contributed by atoms with E-state index in [1.165, 1.54) is 18.2 Å². The molecule has 1 heterocycles. The van der Waals surface area contributed by atoms with E-state index in [-0.39, 0.29) is 29.9 Å². The molecule has 0 fully saturated rings. The van der Waals surface area contributed by atoms with Crippen molar-refractivity contribution in [2.24, 2.45) is 5.73 Å². The number of halogens is 1. The van der Waals surface area contributed by atoms with Crippen molar-refractivity contribution >= 4 is 39.7 Å². The van der Waals surface area contributed by atoms with Gasteiger partial charge >= 0.3 is 11.9 Å². The molecule has 0 saturated heterocycles. The second kappa shape index (κ2) is 8.39. The van der Waals surface area contributed by atoms with Gasteiger partial charge in [-0.05, 0) is 34.1 Å². The van der Waals surface area contributed by atoms with E-state index in [0.717, 1.165) is 0 Å². The van der Waals surface area contributed by atoms with Gasteiger partial charge in [0.1, 0.15) is 12.0 Å². The van der Waals surface area contributed by atoms with E-state index in [0.29, 0.717) is 4.67 Å². The molecule has 1 aromatic heterocycles. The van der Waals surface area contributed by atoms with Gasteiger partial charge in [0.15, 0.2) is 10.4 Å². The minimum atomic E-state index is -1.27. The summed E-state index contributed by atoms with van der Waals surface area (Å²) in [6.45, 7) is -0.265. The van der Waals surface area contributed by atoms with Crippen molar-refractivity contribution in [2.75, 3.05) is 6.54 Å². The fourth-order valence-electron chi connectivity index (χ4n) is 1.88. The molecule has 0 spiro atoms. The van der Waals surface area contributed by atoms with Crippen molar-refractivity contribution in [2.45, 2.75) is 12.5 Å². The second-order valence-corrected chi connectivity index (χ2v) is 5.70.